The zero-order valence-electron chi connectivity index (χ0n) is 18.0. The molecule has 1 saturated heterocycles. The monoisotopic (exact) mass is 418 g/mol. The Morgan fingerprint density at radius 2 is 1.74 bits per heavy atom. The van der Waals surface area contributed by atoms with Crippen molar-refractivity contribution in [1.29, 1.82) is 0 Å². The van der Waals surface area contributed by atoms with Crippen LogP contribution in [0.15, 0.2) is 47.0 Å². The van der Waals surface area contributed by atoms with Crippen LogP contribution >= 0.6 is 0 Å². The number of aryl methyl sites for hydroxylation is 2. The van der Waals surface area contributed by atoms with Gasteiger partial charge in [-0.2, -0.15) is 4.98 Å². The average molecular weight is 418 g/mol. The first-order valence-electron chi connectivity index (χ1n) is 10.5. The molecule has 31 heavy (non-hydrogen) atoms. The lowest BCUT2D eigenvalue weighted by Gasteiger charge is -2.30. The molecule has 7 heteroatoms. The van der Waals surface area contributed by atoms with Gasteiger partial charge in [-0.3, -0.25) is 9.59 Å². The van der Waals surface area contributed by atoms with E-state index in [0.29, 0.717) is 24.8 Å². The minimum Gasteiger partial charge on any atom is -0.339 e. The Morgan fingerprint density at radius 3 is 2.39 bits per heavy atom. The molecular formula is C24H26N4O3. The van der Waals surface area contributed by atoms with Gasteiger partial charge in [0.1, 0.15) is 0 Å². The van der Waals surface area contributed by atoms with E-state index in [1.54, 1.807) is 0 Å². The number of aromatic nitrogens is 2. The van der Waals surface area contributed by atoms with Gasteiger partial charge in [-0.25, -0.2) is 0 Å². The Hall–Kier alpha value is -3.48. The van der Waals surface area contributed by atoms with E-state index in [0.717, 1.165) is 35.2 Å². The molecule has 1 N–H and O–H groups in total. The smallest absolute Gasteiger partial charge is 0.253 e. The number of carbonyl (C=O) groups is 2. The maximum Gasteiger partial charge on any atom is 0.253 e. The van der Waals surface area contributed by atoms with Crippen LogP contribution in [0.5, 0.6) is 0 Å². The molecule has 1 fully saturated rings. The van der Waals surface area contributed by atoms with Gasteiger partial charge in [0.05, 0.1) is 0 Å². The number of hydrogen-bond donors (Lipinski definition) is 1. The first-order valence-corrected chi connectivity index (χ1v) is 10.5. The van der Waals surface area contributed by atoms with Gasteiger partial charge < -0.3 is 14.7 Å². The van der Waals surface area contributed by atoms with Crippen molar-refractivity contribution in [2.45, 2.75) is 39.5 Å². The van der Waals surface area contributed by atoms with Gasteiger partial charge in [0.2, 0.25) is 17.6 Å². The summed E-state index contributed by atoms with van der Waals surface area (Å²) in [6, 6.07) is 13.2. The van der Waals surface area contributed by atoms with Crippen molar-refractivity contribution in [2.75, 3.05) is 18.4 Å². The zero-order chi connectivity index (χ0) is 22.0. The van der Waals surface area contributed by atoms with Gasteiger partial charge >= 0.3 is 0 Å². The highest BCUT2D eigenvalue weighted by molar-refractivity contribution is 5.94. The summed E-state index contributed by atoms with van der Waals surface area (Å²) in [5.41, 5.74) is 4.60. The Kier molecular flexibility index (Phi) is 5.84. The first kappa shape index (κ1) is 20.8. The predicted octanol–water partition coefficient (Wildman–Crippen LogP) is 4.33. The van der Waals surface area contributed by atoms with Gasteiger partial charge in [-0.15, -0.1) is 0 Å². The summed E-state index contributed by atoms with van der Waals surface area (Å²) in [5, 5.41) is 6.85. The Bertz CT molecular complexity index is 1100. The second-order valence-corrected chi connectivity index (χ2v) is 8.08. The number of benzene rings is 2. The third kappa shape index (κ3) is 4.66. The van der Waals surface area contributed by atoms with Crippen LogP contribution in [0.1, 0.15) is 53.1 Å². The Morgan fingerprint density at radius 1 is 1.03 bits per heavy atom. The van der Waals surface area contributed by atoms with Gasteiger partial charge in [-0.05, 0) is 74.2 Å². The van der Waals surface area contributed by atoms with E-state index >= 15 is 0 Å². The lowest BCUT2D eigenvalue weighted by molar-refractivity contribution is -0.114. The fraction of sp³-hybridized carbons (Fsp3) is 0.333. The molecule has 2 heterocycles. The molecule has 0 saturated carbocycles. The maximum atomic E-state index is 12.8. The van der Waals surface area contributed by atoms with E-state index in [1.807, 2.05) is 61.2 Å². The van der Waals surface area contributed by atoms with Gasteiger partial charge in [0.15, 0.2) is 0 Å². The van der Waals surface area contributed by atoms with Crippen LogP contribution in [-0.2, 0) is 4.79 Å². The number of nitrogens with zero attached hydrogens (tertiary/aromatic N) is 3. The number of nitrogens with one attached hydrogen (secondary N) is 1. The number of carbonyl (C=O) groups excluding carboxylic acids is 2. The number of piperidine rings is 1. The number of amides is 2. The topological polar surface area (TPSA) is 88.3 Å². The van der Waals surface area contributed by atoms with Gasteiger partial charge in [0, 0.05) is 42.7 Å². The molecule has 0 radical (unpaired) electrons. The summed E-state index contributed by atoms with van der Waals surface area (Å²) < 4.78 is 5.53. The Labute approximate surface area is 181 Å². The fourth-order valence-electron chi connectivity index (χ4n) is 3.81. The van der Waals surface area contributed by atoms with E-state index in [2.05, 4.69) is 15.5 Å². The summed E-state index contributed by atoms with van der Waals surface area (Å²) in [7, 11) is 0. The van der Waals surface area contributed by atoms with E-state index < -0.39 is 0 Å². The van der Waals surface area contributed by atoms with Crippen molar-refractivity contribution in [1.82, 2.24) is 15.0 Å². The summed E-state index contributed by atoms with van der Waals surface area (Å²) in [5.74, 6) is 1.24. The molecule has 1 aromatic heterocycles. The molecule has 2 amide bonds. The van der Waals surface area contributed by atoms with Crippen molar-refractivity contribution >= 4 is 17.5 Å². The van der Waals surface area contributed by atoms with Crippen LogP contribution in [0.2, 0.25) is 0 Å². The van der Waals surface area contributed by atoms with Crippen LogP contribution < -0.4 is 5.32 Å². The molecule has 1 aliphatic heterocycles. The van der Waals surface area contributed by atoms with Crippen LogP contribution in [-0.4, -0.2) is 39.9 Å². The normalized spacial score (nSPS) is 14.5. The van der Waals surface area contributed by atoms with Gasteiger partial charge in [0.25, 0.3) is 5.91 Å². The molecule has 0 unspecified atom stereocenters. The molecule has 160 valence electrons. The van der Waals surface area contributed by atoms with Crippen LogP contribution in [0.25, 0.3) is 11.4 Å². The lowest BCUT2D eigenvalue weighted by Crippen LogP contribution is -2.38. The summed E-state index contributed by atoms with van der Waals surface area (Å²) in [6.45, 7) is 6.88. The van der Waals surface area contributed by atoms with Crippen LogP contribution in [0.4, 0.5) is 5.69 Å². The number of hydrogen-bond acceptors (Lipinski definition) is 5. The quantitative estimate of drug-likeness (QED) is 0.681. The molecule has 0 spiro atoms. The van der Waals surface area contributed by atoms with Crippen molar-refractivity contribution in [3.05, 3.63) is 65.0 Å². The molecule has 2 aromatic carbocycles. The van der Waals surface area contributed by atoms with Crippen molar-refractivity contribution in [3.8, 4) is 11.4 Å². The number of likely N-dealkylation sites (tertiary alicyclic amines) is 1. The lowest BCUT2D eigenvalue weighted by atomic mass is 9.96. The van der Waals surface area contributed by atoms with Crippen molar-refractivity contribution in [2.24, 2.45) is 0 Å². The second kappa shape index (κ2) is 8.71. The third-order valence-electron chi connectivity index (χ3n) is 5.79. The molecule has 0 aliphatic carbocycles. The number of rotatable bonds is 4. The predicted molar refractivity (Wildman–Crippen MR) is 118 cm³/mol. The molecule has 0 atom stereocenters. The fourth-order valence-corrected chi connectivity index (χ4v) is 3.81. The summed E-state index contributed by atoms with van der Waals surface area (Å²) >= 11 is 0. The summed E-state index contributed by atoms with van der Waals surface area (Å²) in [6.07, 6.45) is 1.58. The van der Waals surface area contributed by atoms with E-state index in [9.17, 15) is 9.59 Å². The highest BCUT2D eigenvalue weighted by Crippen LogP contribution is 2.29. The minimum atomic E-state index is -0.114. The molecule has 1 aliphatic rings. The third-order valence-corrected chi connectivity index (χ3v) is 5.79. The maximum absolute atomic E-state index is 12.8. The molecule has 3 aromatic rings. The molecule has 7 nitrogen and oxygen atoms in total. The molecular weight excluding hydrogens is 392 g/mol. The van der Waals surface area contributed by atoms with Crippen molar-refractivity contribution in [3.63, 3.8) is 0 Å². The van der Waals surface area contributed by atoms with Crippen LogP contribution in [0.3, 0.4) is 0 Å². The standard InChI is InChI=1S/C24H26N4O3/c1-15-4-5-20(14-16(15)2)24(30)28-12-10-19(11-13-28)23-26-22(27-31-23)18-6-8-21(9-7-18)25-17(3)29/h4-9,14,19H,10-13H2,1-3H3,(H,25,29). The van der Waals surface area contributed by atoms with E-state index in [-0.39, 0.29) is 17.7 Å². The first-order chi connectivity index (χ1) is 14.9. The second-order valence-electron chi connectivity index (χ2n) is 8.08. The Balaban J connectivity index is 1.38. The van der Waals surface area contributed by atoms with Crippen molar-refractivity contribution < 1.29 is 14.1 Å². The van der Waals surface area contributed by atoms with Crippen LogP contribution in [0, 0.1) is 13.8 Å². The largest absolute Gasteiger partial charge is 0.339 e. The van der Waals surface area contributed by atoms with E-state index in [4.69, 9.17) is 4.52 Å². The van der Waals surface area contributed by atoms with E-state index in [1.165, 1.54) is 12.5 Å². The molecule has 0 bridgehead atoms. The number of anilines is 1. The SMILES string of the molecule is CC(=O)Nc1ccc(-c2noc(C3CCN(C(=O)c4ccc(C)c(C)c4)CC3)n2)cc1. The summed E-state index contributed by atoms with van der Waals surface area (Å²) in [4.78, 5) is 30.5. The highest BCUT2D eigenvalue weighted by atomic mass is 16.5. The van der Waals surface area contributed by atoms with Gasteiger partial charge in [-0.1, -0.05) is 11.2 Å². The molecule has 4 rings (SSSR count). The zero-order valence-corrected chi connectivity index (χ0v) is 18.0. The highest BCUT2D eigenvalue weighted by Gasteiger charge is 2.28. The minimum absolute atomic E-state index is 0.0760. The average Bonchev–Trinajstić information content (AvgIpc) is 3.26.